The minimum Gasteiger partial charge on any atom is -0.322 e. The van der Waals surface area contributed by atoms with Crippen molar-refractivity contribution in [1.82, 2.24) is 14.8 Å². The highest BCUT2D eigenvalue weighted by Gasteiger charge is 2.13. The van der Waals surface area contributed by atoms with Crippen molar-refractivity contribution in [3.63, 3.8) is 0 Å². The lowest BCUT2D eigenvalue weighted by Crippen LogP contribution is -2.13. The summed E-state index contributed by atoms with van der Waals surface area (Å²) in [4.78, 5) is 29.9. The molecule has 0 unspecified atom stereocenters. The number of aromatic nitrogens is 3. The summed E-state index contributed by atoms with van der Waals surface area (Å²) < 4.78 is 1.82. The number of pyridine rings is 1. The Morgan fingerprint density at radius 2 is 1.76 bits per heavy atom. The number of anilines is 2. The van der Waals surface area contributed by atoms with Gasteiger partial charge in [0.25, 0.3) is 11.8 Å². The van der Waals surface area contributed by atoms with Gasteiger partial charge in [0.05, 0.1) is 16.6 Å². The van der Waals surface area contributed by atoms with E-state index >= 15 is 0 Å². The van der Waals surface area contributed by atoms with E-state index in [1.165, 1.54) is 11.3 Å². The van der Waals surface area contributed by atoms with Crippen molar-refractivity contribution in [3.05, 3.63) is 70.7 Å². The van der Waals surface area contributed by atoms with Gasteiger partial charge in [-0.15, -0.1) is 11.3 Å². The molecule has 0 aliphatic rings. The molecule has 0 bridgehead atoms. The molecule has 0 spiro atoms. The Morgan fingerprint density at radius 1 is 1.00 bits per heavy atom. The van der Waals surface area contributed by atoms with Crippen LogP contribution in [0.15, 0.2) is 60.2 Å². The van der Waals surface area contributed by atoms with Gasteiger partial charge in [-0.2, -0.15) is 5.10 Å². The summed E-state index contributed by atoms with van der Waals surface area (Å²) in [5.41, 5.74) is 2.37. The van der Waals surface area contributed by atoms with Crippen LogP contribution < -0.4 is 10.6 Å². The van der Waals surface area contributed by atoms with Crippen molar-refractivity contribution >= 4 is 45.6 Å². The summed E-state index contributed by atoms with van der Waals surface area (Å²) in [5, 5.41) is 12.7. The third-order valence-corrected chi connectivity index (χ3v) is 5.18. The van der Waals surface area contributed by atoms with Crippen molar-refractivity contribution in [1.29, 1.82) is 0 Å². The van der Waals surface area contributed by atoms with Crippen molar-refractivity contribution in [2.75, 3.05) is 10.6 Å². The van der Waals surface area contributed by atoms with Crippen LogP contribution in [0.25, 0.3) is 11.0 Å². The maximum Gasteiger partial charge on any atom is 0.265 e. The topological polar surface area (TPSA) is 88.9 Å². The number of thiophene rings is 1. The van der Waals surface area contributed by atoms with E-state index in [4.69, 9.17) is 0 Å². The molecule has 7 nitrogen and oxygen atoms in total. The number of benzene rings is 1. The van der Waals surface area contributed by atoms with Gasteiger partial charge in [-0.1, -0.05) is 12.1 Å². The Morgan fingerprint density at radius 3 is 2.45 bits per heavy atom. The molecule has 29 heavy (non-hydrogen) atoms. The van der Waals surface area contributed by atoms with Crippen LogP contribution in [0, 0.1) is 0 Å². The second-order valence-electron chi connectivity index (χ2n) is 6.79. The van der Waals surface area contributed by atoms with E-state index in [1.54, 1.807) is 48.8 Å². The molecule has 2 N–H and O–H groups in total. The molecular formula is C21H19N5O2S. The highest BCUT2D eigenvalue weighted by Crippen LogP contribution is 2.20. The lowest BCUT2D eigenvalue weighted by molar-refractivity contribution is 0.102. The molecule has 0 atom stereocenters. The number of hydrogen-bond donors (Lipinski definition) is 2. The van der Waals surface area contributed by atoms with Crippen LogP contribution in [-0.4, -0.2) is 26.6 Å². The summed E-state index contributed by atoms with van der Waals surface area (Å²) in [6.45, 7) is 4.05. The average Bonchev–Trinajstić information content (AvgIpc) is 3.37. The van der Waals surface area contributed by atoms with Gasteiger partial charge in [0.15, 0.2) is 5.65 Å². The number of nitrogens with one attached hydrogen (secondary N) is 2. The molecule has 2 amide bonds. The molecule has 4 rings (SSSR count). The van der Waals surface area contributed by atoms with Crippen LogP contribution in [-0.2, 0) is 0 Å². The molecule has 4 aromatic rings. The Bertz CT molecular complexity index is 1180. The van der Waals surface area contributed by atoms with E-state index < -0.39 is 0 Å². The maximum atomic E-state index is 12.7. The number of fused-ring (bicyclic) bond motifs is 1. The molecule has 3 heterocycles. The zero-order valence-corrected chi connectivity index (χ0v) is 16.7. The number of amides is 2. The smallest absolute Gasteiger partial charge is 0.265 e. The monoisotopic (exact) mass is 405 g/mol. The second-order valence-corrected chi connectivity index (χ2v) is 7.73. The fourth-order valence-electron chi connectivity index (χ4n) is 2.92. The highest BCUT2D eigenvalue weighted by molar-refractivity contribution is 7.12. The largest absolute Gasteiger partial charge is 0.322 e. The van der Waals surface area contributed by atoms with Crippen LogP contribution in [0.3, 0.4) is 0 Å². The maximum absolute atomic E-state index is 12.7. The van der Waals surface area contributed by atoms with Crippen LogP contribution in [0.4, 0.5) is 11.4 Å². The van der Waals surface area contributed by atoms with Crippen LogP contribution >= 0.6 is 11.3 Å². The average molecular weight is 405 g/mol. The number of nitrogens with zero attached hydrogens (tertiary/aromatic N) is 3. The Labute approximate surface area is 171 Å². The summed E-state index contributed by atoms with van der Waals surface area (Å²) in [6.07, 6.45) is 3.25. The molecule has 0 radical (unpaired) electrons. The zero-order chi connectivity index (χ0) is 20.4. The lowest BCUT2D eigenvalue weighted by Gasteiger charge is -2.09. The number of carbonyl (C=O) groups is 2. The third kappa shape index (κ3) is 4.02. The lowest BCUT2D eigenvalue weighted by atomic mass is 10.2. The van der Waals surface area contributed by atoms with Gasteiger partial charge < -0.3 is 10.6 Å². The van der Waals surface area contributed by atoms with E-state index in [1.807, 2.05) is 30.0 Å². The zero-order valence-electron chi connectivity index (χ0n) is 15.9. The summed E-state index contributed by atoms with van der Waals surface area (Å²) in [6, 6.07) is 12.6. The van der Waals surface area contributed by atoms with Gasteiger partial charge in [0.1, 0.15) is 0 Å². The van der Waals surface area contributed by atoms with E-state index in [2.05, 4.69) is 20.7 Å². The molecule has 146 valence electrons. The first-order chi connectivity index (χ1) is 14.0. The molecule has 0 fully saturated rings. The van der Waals surface area contributed by atoms with Crippen LogP contribution in [0.2, 0.25) is 0 Å². The van der Waals surface area contributed by atoms with Crippen LogP contribution in [0.1, 0.15) is 39.9 Å². The predicted molar refractivity (Wildman–Crippen MR) is 115 cm³/mol. The molecule has 0 aliphatic heterocycles. The summed E-state index contributed by atoms with van der Waals surface area (Å²) in [7, 11) is 0. The number of carbonyl (C=O) groups excluding carboxylic acids is 2. The molecule has 0 aliphatic carbocycles. The Hall–Kier alpha value is -3.52. The fraction of sp³-hybridized carbons (Fsp3) is 0.143. The second kappa shape index (κ2) is 7.84. The fourth-order valence-corrected chi connectivity index (χ4v) is 3.54. The van der Waals surface area contributed by atoms with Gasteiger partial charge in [0.2, 0.25) is 0 Å². The quantitative estimate of drug-likeness (QED) is 0.509. The van der Waals surface area contributed by atoms with Crippen LogP contribution in [0.5, 0.6) is 0 Å². The Kier molecular flexibility index (Phi) is 5.09. The van der Waals surface area contributed by atoms with Gasteiger partial charge in [-0.3, -0.25) is 9.59 Å². The van der Waals surface area contributed by atoms with Gasteiger partial charge in [-0.05, 0) is 49.6 Å². The van der Waals surface area contributed by atoms with Gasteiger partial charge in [0, 0.05) is 29.0 Å². The minimum atomic E-state index is -0.279. The first-order valence-electron chi connectivity index (χ1n) is 9.11. The number of hydrogen-bond acceptors (Lipinski definition) is 5. The predicted octanol–water partition coefficient (Wildman–Crippen LogP) is 4.58. The summed E-state index contributed by atoms with van der Waals surface area (Å²) in [5.74, 6) is -0.460. The van der Waals surface area contributed by atoms with Crippen molar-refractivity contribution in [2.45, 2.75) is 19.9 Å². The molecule has 3 aromatic heterocycles. The van der Waals surface area contributed by atoms with Gasteiger partial charge >= 0.3 is 0 Å². The first kappa shape index (κ1) is 18.8. The molecule has 8 heteroatoms. The third-order valence-electron chi connectivity index (χ3n) is 4.31. The van der Waals surface area contributed by atoms with Gasteiger partial charge in [-0.25, -0.2) is 9.67 Å². The normalized spacial score (nSPS) is 11.0. The molecular weight excluding hydrogens is 386 g/mol. The standard InChI is InChI=1S/C21H19N5O2S/c1-13(2)26-19-14(12-23-26)9-15(11-22-19)20(27)24-16-5-3-6-17(10-16)25-21(28)18-7-4-8-29-18/h3-13H,1-2H3,(H,24,27)(H,25,28). The molecule has 0 saturated carbocycles. The highest BCUT2D eigenvalue weighted by atomic mass is 32.1. The Balaban J connectivity index is 1.49. The van der Waals surface area contributed by atoms with E-state index in [-0.39, 0.29) is 17.9 Å². The molecule has 0 saturated heterocycles. The van der Waals surface area contributed by atoms with Crippen molar-refractivity contribution in [2.24, 2.45) is 0 Å². The number of rotatable bonds is 5. The minimum absolute atomic E-state index is 0.180. The van der Waals surface area contributed by atoms with Crippen molar-refractivity contribution in [3.8, 4) is 0 Å². The van der Waals surface area contributed by atoms with Crippen molar-refractivity contribution < 1.29 is 9.59 Å². The first-order valence-corrected chi connectivity index (χ1v) is 9.99. The SMILES string of the molecule is CC(C)n1ncc2cc(C(=O)Nc3cccc(NC(=O)c4cccs4)c3)cnc21. The van der Waals surface area contributed by atoms with E-state index in [9.17, 15) is 9.59 Å². The van der Waals surface area contributed by atoms with E-state index in [0.29, 0.717) is 21.8 Å². The molecule has 1 aromatic carbocycles. The van der Waals surface area contributed by atoms with E-state index in [0.717, 1.165) is 11.0 Å². The summed E-state index contributed by atoms with van der Waals surface area (Å²) >= 11 is 1.37.